The first kappa shape index (κ1) is 18.2. The molecule has 0 radical (unpaired) electrons. The van der Waals surface area contributed by atoms with Crippen molar-refractivity contribution in [3.8, 4) is 0 Å². The number of aliphatic imine (C=N–C) groups is 1. The van der Waals surface area contributed by atoms with E-state index in [1.165, 1.54) is 12.1 Å². The molecule has 26 heavy (non-hydrogen) atoms. The van der Waals surface area contributed by atoms with E-state index in [1.54, 1.807) is 17.3 Å². The van der Waals surface area contributed by atoms with Gasteiger partial charge in [0.2, 0.25) is 0 Å². The van der Waals surface area contributed by atoms with E-state index in [0.29, 0.717) is 22.5 Å². The van der Waals surface area contributed by atoms with Gasteiger partial charge in [-0.2, -0.15) is 0 Å². The van der Waals surface area contributed by atoms with Gasteiger partial charge < -0.3 is 5.73 Å². The Morgan fingerprint density at radius 2 is 1.85 bits per heavy atom. The van der Waals surface area contributed by atoms with E-state index < -0.39 is 5.91 Å². The molecule has 4 nitrogen and oxygen atoms in total. The molecule has 1 heterocycles. The minimum absolute atomic E-state index is 0.280. The maximum atomic E-state index is 13.5. The van der Waals surface area contributed by atoms with Crippen LogP contribution in [0.4, 0.5) is 4.39 Å². The molecule has 0 saturated carbocycles. The molecular weight excluding hydrogens is 349 g/mol. The number of amides is 1. The maximum absolute atomic E-state index is 13.5. The zero-order valence-electron chi connectivity index (χ0n) is 14.8. The Kier molecular flexibility index (Phi) is 4.87. The van der Waals surface area contributed by atoms with Gasteiger partial charge in [0.05, 0.1) is 17.0 Å². The van der Waals surface area contributed by atoms with Crippen molar-refractivity contribution >= 4 is 30.1 Å². The third-order valence-electron chi connectivity index (χ3n) is 4.46. The van der Waals surface area contributed by atoms with Gasteiger partial charge in [0, 0.05) is 11.1 Å². The highest BCUT2D eigenvalue weighted by Crippen LogP contribution is 2.35. The van der Waals surface area contributed by atoms with Crippen molar-refractivity contribution in [2.45, 2.75) is 26.9 Å². The summed E-state index contributed by atoms with van der Waals surface area (Å²) in [5.41, 5.74) is 10.3. The lowest BCUT2D eigenvalue weighted by Gasteiger charge is -2.33. The smallest absolute Gasteiger partial charge is 0.253 e. The second kappa shape index (κ2) is 6.96. The Morgan fingerprint density at radius 1 is 1.15 bits per heavy atom. The molecule has 1 aliphatic rings. The predicted octanol–water partition coefficient (Wildman–Crippen LogP) is 3.63. The molecule has 1 unspecified atom stereocenters. The van der Waals surface area contributed by atoms with E-state index in [-0.39, 0.29) is 17.6 Å². The third kappa shape index (κ3) is 3.12. The van der Waals surface area contributed by atoms with Crippen LogP contribution < -0.4 is 5.73 Å². The maximum Gasteiger partial charge on any atom is 0.253 e. The average Bonchev–Trinajstić information content (AvgIpc) is 2.57. The molecule has 0 spiro atoms. The highest BCUT2D eigenvalue weighted by molar-refractivity contribution is 7.78. The molecule has 1 atom stereocenters. The number of aryl methyl sites for hydroxylation is 2. The van der Waals surface area contributed by atoms with Gasteiger partial charge in [0.15, 0.2) is 0 Å². The summed E-state index contributed by atoms with van der Waals surface area (Å²) < 4.78 is 15.2. The Bertz CT molecular complexity index is 952. The van der Waals surface area contributed by atoms with E-state index in [4.69, 9.17) is 5.73 Å². The van der Waals surface area contributed by atoms with E-state index in [1.807, 2.05) is 38.1 Å². The van der Waals surface area contributed by atoms with Crippen molar-refractivity contribution in [1.82, 2.24) is 4.31 Å². The number of primary amides is 1. The first-order chi connectivity index (χ1) is 12.3. The second-order valence-electron chi connectivity index (χ2n) is 6.32. The van der Waals surface area contributed by atoms with Crippen LogP contribution in [0.5, 0.6) is 0 Å². The highest BCUT2D eigenvalue weighted by atomic mass is 32.1. The largest absolute Gasteiger partial charge is 0.365 e. The number of nitrogens with zero attached hydrogens (tertiary/aromatic N) is 2. The monoisotopic (exact) mass is 369 g/mol. The lowest BCUT2D eigenvalue weighted by atomic mass is 9.91. The molecule has 134 valence electrons. The number of hydrogen-bond acceptors (Lipinski definition) is 4. The van der Waals surface area contributed by atoms with Crippen molar-refractivity contribution in [2.75, 3.05) is 0 Å². The third-order valence-corrected chi connectivity index (χ3v) is 5.00. The number of rotatable bonds is 3. The first-order valence-corrected chi connectivity index (χ1v) is 8.64. The molecule has 0 aliphatic carbocycles. The van der Waals surface area contributed by atoms with Gasteiger partial charge in [0.25, 0.3) is 5.91 Å². The number of carbonyl (C=O) groups is 1. The summed E-state index contributed by atoms with van der Waals surface area (Å²) in [4.78, 5) is 17.0. The summed E-state index contributed by atoms with van der Waals surface area (Å²) in [6.45, 7) is 5.62. The normalized spacial score (nSPS) is 17.3. The molecule has 0 fully saturated rings. The van der Waals surface area contributed by atoms with Crippen LogP contribution in [0.3, 0.4) is 0 Å². The van der Waals surface area contributed by atoms with Crippen LogP contribution in [-0.4, -0.2) is 22.1 Å². The van der Waals surface area contributed by atoms with Crippen LogP contribution >= 0.6 is 12.8 Å². The van der Waals surface area contributed by atoms with Gasteiger partial charge in [-0.25, -0.2) is 4.39 Å². The summed E-state index contributed by atoms with van der Waals surface area (Å²) in [6.07, 6.45) is -0.324. The number of nitrogens with two attached hydrogens (primary N) is 1. The number of carbonyl (C=O) groups excluding carboxylic acids is 1. The topological polar surface area (TPSA) is 58.7 Å². The number of benzene rings is 2. The van der Waals surface area contributed by atoms with Crippen LogP contribution in [0.25, 0.3) is 5.70 Å². The van der Waals surface area contributed by atoms with Crippen molar-refractivity contribution < 1.29 is 9.18 Å². The molecule has 2 aromatic rings. The Morgan fingerprint density at radius 3 is 2.46 bits per heavy atom. The van der Waals surface area contributed by atoms with Gasteiger partial charge in [-0.15, -0.1) is 0 Å². The van der Waals surface area contributed by atoms with Gasteiger partial charge in [-0.1, -0.05) is 37.1 Å². The average molecular weight is 369 g/mol. The van der Waals surface area contributed by atoms with Gasteiger partial charge in [0.1, 0.15) is 12.0 Å². The summed E-state index contributed by atoms with van der Waals surface area (Å²) in [5, 5.41) is 0. The molecule has 2 aromatic carbocycles. The predicted molar refractivity (Wildman–Crippen MR) is 105 cm³/mol. The SMILES string of the molecule is Cc1cc(F)ccc1C1=NC(C)N(S)C(c2ccccc2C)=C1C(N)=O. The minimum Gasteiger partial charge on any atom is -0.365 e. The van der Waals surface area contributed by atoms with Gasteiger partial charge >= 0.3 is 0 Å². The first-order valence-electron chi connectivity index (χ1n) is 8.24. The summed E-state index contributed by atoms with van der Waals surface area (Å²) in [7, 11) is 0. The molecular formula is C20H20FN3OS. The van der Waals surface area contributed by atoms with Crippen molar-refractivity contribution in [2.24, 2.45) is 10.7 Å². The van der Waals surface area contributed by atoms with Crippen LogP contribution in [0, 0.1) is 19.7 Å². The molecule has 0 saturated heterocycles. The Labute approximate surface area is 157 Å². The molecule has 2 N–H and O–H groups in total. The lowest BCUT2D eigenvalue weighted by molar-refractivity contribution is -0.114. The van der Waals surface area contributed by atoms with E-state index in [9.17, 15) is 9.18 Å². The molecule has 0 bridgehead atoms. The number of thiol groups is 1. The molecule has 0 aromatic heterocycles. The number of halogens is 1. The fourth-order valence-electron chi connectivity index (χ4n) is 3.15. The van der Waals surface area contributed by atoms with Crippen LogP contribution in [0.1, 0.15) is 29.2 Å². The fraction of sp³-hybridized carbons (Fsp3) is 0.200. The summed E-state index contributed by atoms with van der Waals surface area (Å²) in [6, 6.07) is 12.1. The zero-order chi connectivity index (χ0) is 19.0. The van der Waals surface area contributed by atoms with Crippen molar-refractivity contribution in [1.29, 1.82) is 0 Å². The van der Waals surface area contributed by atoms with E-state index >= 15 is 0 Å². The Balaban J connectivity index is 2.32. The zero-order valence-corrected chi connectivity index (χ0v) is 15.7. The second-order valence-corrected chi connectivity index (χ2v) is 6.75. The van der Waals surface area contributed by atoms with Gasteiger partial charge in [-0.05, 0) is 50.1 Å². The van der Waals surface area contributed by atoms with Crippen molar-refractivity contribution in [3.05, 3.63) is 76.1 Å². The lowest BCUT2D eigenvalue weighted by Crippen LogP contribution is -2.35. The summed E-state index contributed by atoms with van der Waals surface area (Å²) in [5.74, 6) is -0.938. The Hall–Kier alpha value is -2.60. The summed E-state index contributed by atoms with van der Waals surface area (Å²) >= 11 is 4.56. The molecule has 6 heteroatoms. The molecule has 1 aliphatic heterocycles. The van der Waals surface area contributed by atoms with Crippen molar-refractivity contribution in [3.63, 3.8) is 0 Å². The molecule has 3 rings (SSSR count). The number of hydrogen-bond donors (Lipinski definition) is 2. The van der Waals surface area contributed by atoms with Crippen LogP contribution in [0.2, 0.25) is 0 Å². The fourth-order valence-corrected chi connectivity index (χ4v) is 3.41. The van der Waals surface area contributed by atoms with E-state index in [2.05, 4.69) is 17.8 Å². The standard InChI is InChI=1S/C20H20FN3OS/c1-11-6-4-5-7-16(11)19-17(20(22)25)18(23-13(3)24(19)26)15-9-8-14(21)10-12(15)2/h4-10,13,26H,1-3H3,(H2,22,25). The molecule has 1 amide bonds. The van der Waals surface area contributed by atoms with E-state index in [0.717, 1.165) is 11.1 Å². The highest BCUT2D eigenvalue weighted by Gasteiger charge is 2.32. The minimum atomic E-state index is -0.600. The van der Waals surface area contributed by atoms with Crippen LogP contribution in [0.15, 0.2) is 53.0 Å². The van der Waals surface area contributed by atoms with Gasteiger partial charge in [-0.3, -0.25) is 14.1 Å². The quantitative estimate of drug-likeness (QED) is 0.812. The van der Waals surface area contributed by atoms with Crippen LogP contribution in [-0.2, 0) is 4.79 Å².